The number of aliphatic hydroxyl groups is 1. The second-order valence-corrected chi connectivity index (χ2v) is 4.45. The van der Waals surface area contributed by atoms with Crippen LogP contribution in [-0.4, -0.2) is 33.4 Å². The topological polar surface area (TPSA) is 52.1 Å². The van der Waals surface area contributed by atoms with Crippen LogP contribution in [0.4, 0.5) is 0 Å². The molecule has 0 saturated heterocycles. The molecule has 1 aromatic heterocycles. The lowest BCUT2D eigenvalue weighted by Gasteiger charge is -2.20. The molecule has 0 spiro atoms. The molecular weight excluding hydrogens is 226 g/mol. The van der Waals surface area contributed by atoms with E-state index in [-0.39, 0.29) is 6.61 Å². The van der Waals surface area contributed by atoms with E-state index in [1.165, 1.54) is 5.56 Å². The molecule has 4 heteroatoms. The summed E-state index contributed by atoms with van der Waals surface area (Å²) in [7, 11) is 0. The maximum Gasteiger partial charge on any atom is 0.0594 e. The molecule has 0 bridgehead atoms. The molecule has 1 aromatic carbocycles. The maximum atomic E-state index is 9.13. The summed E-state index contributed by atoms with van der Waals surface area (Å²) in [5.74, 6) is 0. The summed E-state index contributed by atoms with van der Waals surface area (Å²) in [4.78, 5) is 2.20. The molecule has 0 unspecified atom stereocenters. The summed E-state index contributed by atoms with van der Waals surface area (Å²) in [6, 6.07) is 12.3. The number of hydrogen-bond acceptors (Lipinski definition) is 3. The van der Waals surface area contributed by atoms with E-state index in [1.807, 2.05) is 31.2 Å². The van der Waals surface area contributed by atoms with Gasteiger partial charge in [-0.1, -0.05) is 30.3 Å². The minimum atomic E-state index is 0.167. The van der Waals surface area contributed by atoms with Gasteiger partial charge in [0.05, 0.1) is 12.3 Å². The van der Waals surface area contributed by atoms with Crippen LogP contribution in [0.2, 0.25) is 0 Å². The number of aromatic amines is 1. The summed E-state index contributed by atoms with van der Waals surface area (Å²) >= 11 is 0. The SMILES string of the molecule is Cc1cc(CN(CCO)Cc2ccccc2)[nH]n1. The highest BCUT2D eigenvalue weighted by Crippen LogP contribution is 2.08. The van der Waals surface area contributed by atoms with E-state index in [4.69, 9.17) is 5.11 Å². The number of aliphatic hydroxyl groups excluding tert-OH is 1. The molecule has 2 aromatic rings. The van der Waals surface area contributed by atoms with Crippen LogP contribution in [0.15, 0.2) is 36.4 Å². The number of benzene rings is 1. The first-order chi connectivity index (χ1) is 8.78. The largest absolute Gasteiger partial charge is 0.395 e. The van der Waals surface area contributed by atoms with Crippen LogP contribution in [-0.2, 0) is 13.1 Å². The van der Waals surface area contributed by atoms with Crippen LogP contribution in [0.3, 0.4) is 0 Å². The average molecular weight is 245 g/mol. The van der Waals surface area contributed by atoms with Crippen molar-refractivity contribution in [3.05, 3.63) is 53.3 Å². The Morgan fingerprint density at radius 1 is 1.22 bits per heavy atom. The smallest absolute Gasteiger partial charge is 0.0594 e. The van der Waals surface area contributed by atoms with E-state index in [9.17, 15) is 0 Å². The van der Waals surface area contributed by atoms with Gasteiger partial charge in [-0.3, -0.25) is 10.00 Å². The first-order valence-corrected chi connectivity index (χ1v) is 6.16. The molecule has 0 aliphatic heterocycles. The van der Waals surface area contributed by atoms with Gasteiger partial charge in [0.15, 0.2) is 0 Å². The maximum absolute atomic E-state index is 9.13. The van der Waals surface area contributed by atoms with Gasteiger partial charge in [-0.2, -0.15) is 5.10 Å². The molecular formula is C14H19N3O. The molecule has 96 valence electrons. The fourth-order valence-electron chi connectivity index (χ4n) is 2.00. The summed E-state index contributed by atoms with van der Waals surface area (Å²) in [5, 5.41) is 16.3. The van der Waals surface area contributed by atoms with Crippen LogP contribution in [0.5, 0.6) is 0 Å². The van der Waals surface area contributed by atoms with E-state index in [2.05, 4.69) is 27.2 Å². The van der Waals surface area contributed by atoms with Crippen molar-refractivity contribution in [2.75, 3.05) is 13.2 Å². The second kappa shape index (κ2) is 6.33. The van der Waals surface area contributed by atoms with Crippen molar-refractivity contribution >= 4 is 0 Å². The predicted octanol–water partition coefficient (Wildman–Crippen LogP) is 1.71. The van der Waals surface area contributed by atoms with Gasteiger partial charge in [0.2, 0.25) is 0 Å². The molecule has 1 heterocycles. The molecule has 0 radical (unpaired) electrons. The molecule has 0 fully saturated rings. The lowest BCUT2D eigenvalue weighted by atomic mass is 10.2. The molecule has 0 aliphatic rings. The standard InChI is InChI=1S/C14H19N3O/c1-12-9-14(16-15-12)11-17(7-8-18)10-13-5-3-2-4-6-13/h2-6,9,18H,7-8,10-11H2,1H3,(H,15,16). The Kier molecular flexibility index (Phi) is 4.50. The molecule has 0 aliphatic carbocycles. The minimum Gasteiger partial charge on any atom is -0.395 e. The van der Waals surface area contributed by atoms with Crippen LogP contribution in [0.25, 0.3) is 0 Å². The molecule has 0 saturated carbocycles. The Hall–Kier alpha value is -1.65. The average Bonchev–Trinajstić information content (AvgIpc) is 2.76. The lowest BCUT2D eigenvalue weighted by Crippen LogP contribution is -2.26. The summed E-state index contributed by atoms with van der Waals surface area (Å²) in [5.41, 5.74) is 3.33. The quantitative estimate of drug-likeness (QED) is 0.814. The fraction of sp³-hybridized carbons (Fsp3) is 0.357. The summed E-state index contributed by atoms with van der Waals surface area (Å²) in [6.07, 6.45) is 0. The number of rotatable bonds is 6. The third-order valence-electron chi connectivity index (χ3n) is 2.82. The molecule has 2 rings (SSSR count). The molecule has 2 N–H and O–H groups in total. The first kappa shape index (κ1) is 12.8. The number of nitrogens with one attached hydrogen (secondary N) is 1. The van der Waals surface area contributed by atoms with Crippen molar-refractivity contribution in [1.82, 2.24) is 15.1 Å². The zero-order valence-electron chi connectivity index (χ0n) is 10.6. The second-order valence-electron chi connectivity index (χ2n) is 4.45. The Morgan fingerprint density at radius 2 is 2.00 bits per heavy atom. The zero-order valence-corrected chi connectivity index (χ0v) is 10.6. The van der Waals surface area contributed by atoms with Gasteiger partial charge in [-0.05, 0) is 18.6 Å². The van der Waals surface area contributed by atoms with Gasteiger partial charge in [0.25, 0.3) is 0 Å². The van der Waals surface area contributed by atoms with E-state index in [1.54, 1.807) is 0 Å². The van der Waals surface area contributed by atoms with E-state index in [0.717, 1.165) is 24.5 Å². The Balaban J connectivity index is 1.99. The van der Waals surface area contributed by atoms with Crippen LogP contribution >= 0.6 is 0 Å². The number of nitrogens with zero attached hydrogens (tertiary/aromatic N) is 2. The Labute approximate surface area is 107 Å². The van der Waals surface area contributed by atoms with Gasteiger partial charge in [-0.15, -0.1) is 0 Å². The summed E-state index contributed by atoms with van der Waals surface area (Å²) < 4.78 is 0. The Morgan fingerprint density at radius 3 is 2.61 bits per heavy atom. The van der Waals surface area contributed by atoms with Crippen LogP contribution < -0.4 is 0 Å². The van der Waals surface area contributed by atoms with Crippen molar-refractivity contribution in [3.8, 4) is 0 Å². The highest BCUT2D eigenvalue weighted by Gasteiger charge is 2.08. The normalized spacial score (nSPS) is 11.1. The number of hydrogen-bond donors (Lipinski definition) is 2. The highest BCUT2D eigenvalue weighted by molar-refractivity contribution is 5.15. The van der Waals surface area contributed by atoms with Gasteiger partial charge in [-0.25, -0.2) is 0 Å². The predicted molar refractivity (Wildman–Crippen MR) is 71.0 cm³/mol. The van der Waals surface area contributed by atoms with E-state index >= 15 is 0 Å². The van der Waals surface area contributed by atoms with Crippen LogP contribution in [0, 0.1) is 6.92 Å². The first-order valence-electron chi connectivity index (χ1n) is 6.16. The molecule has 0 atom stereocenters. The lowest BCUT2D eigenvalue weighted by molar-refractivity contribution is 0.183. The van der Waals surface area contributed by atoms with Gasteiger partial charge >= 0.3 is 0 Å². The number of aromatic nitrogens is 2. The minimum absolute atomic E-state index is 0.167. The van der Waals surface area contributed by atoms with Crippen molar-refractivity contribution in [2.24, 2.45) is 0 Å². The van der Waals surface area contributed by atoms with Crippen LogP contribution in [0.1, 0.15) is 17.0 Å². The summed E-state index contributed by atoms with van der Waals surface area (Å²) in [6.45, 7) is 4.40. The Bertz CT molecular complexity index is 467. The number of aryl methyl sites for hydroxylation is 1. The fourth-order valence-corrected chi connectivity index (χ4v) is 2.00. The molecule has 18 heavy (non-hydrogen) atoms. The monoisotopic (exact) mass is 245 g/mol. The molecule has 4 nitrogen and oxygen atoms in total. The highest BCUT2D eigenvalue weighted by atomic mass is 16.3. The van der Waals surface area contributed by atoms with E-state index in [0.29, 0.717) is 6.54 Å². The van der Waals surface area contributed by atoms with Gasteiger partial charge in [0.1, 0.15) is 0 Å². The third-order valence-corrected chi connectivity index (χ3v) is 2.82. The third kappa shape index (κ3) is 3.68. The van der Waals surface area contributed by atoms with Gasteiger partial charge < -0.3 is 5.11 Å². The van der Waals surface area contributed by atoms with Gasteiger partial charge in [0, 0.05) is 25.3 Å². The van der Waals surface area contributed by atoms with Crippen molar-refractivity contribution in [1.29, 1.82) is 0 Å². The van der Waals surface area contributed by atoms with Crippen molar-refractivity contribution in [2.45, 2.75) is 20.0 Å². The van der Waals surface area contributed by atoms with E-state index < -0.39 is 0 Å². The molecule has 0 amide bonds. The zero-order chi connectivity index (χ0) is 12.8. The van der Waals surface area contributed by atoms with Crippen molar-refractivity contribution in [3.63, 3.8) is 0 Å². The number of H-pyrrole nitrogens is 1. The van der Waals surface area contributed by atoms with Crippen molar-refractivity contribution < 1.29 is 5.11 Å².